The van der Waals surface area contributed by atoms with Crippen LogP contribution in [0.15, 0.2) is 41.8 Å². The van der Waals surface area contributed by atoms with Crippen LogP contribution in [0.4, 0.5) is 10.1 Å². The summed E-state index contributed by atoms with van der Waals surface area (Å²) in [5, 5.41) is 9.28. The molecule has 0 atom stereocenters. The van der Waals surface area contributed by atoms with E-state index in [1.54, 1.807) is 29.4 Å². The Kier molecular flexibility index (Phi) is 8.14. The van der Waals surface area contributed by atoms with E-state index in [0.717, 1.165) is 13.1 Å². The number of aromatic amines is 1. The van der Waals surface area contributed by atoms with Gasteiger partial charge in [0.25, 0.3) is 0 Å². The minimum atomic E-state index is -1.30. The molecule has 0 aliphatic carbocycles. The molecule has 0 saturated carbocycles. The summed E-state index contributed by atoms with van der Waals surface area (Å²) in [6, 6.07) is 2.83. The monoisotopic (exact) mass is 459 g/mol. The normalized spacial score (nSPS) is 14.0. The van der Waals surface area contributed by atoms with E-state index < -0.39 is 17.2 Å². The Hall–Kier alpha value is -2.71. The first-order valence-electron chi connectivity index (χ1n) is 9.38. The Morgan fingerprint density at radius 3 is 2.47 bits per heavy atom. The van der Waals surface area contributed by atoms with Gasteiger partial charge >= 0.3 is 22.5 Å². The number of piperazine rings is 1. The fourth-order valence-corrected chi connectivity index (χ4v) is 3.32. The van der Waals surface area contributed by atoms with Crippen LogP contribution in [-0.2, 0) is 23.0 Å². The quantitative estimate of drug-likeness (QED) is 0.582. The smallest absolute Gasteiger partial charge is 0.477 e. The summed E-state index contributed by atoms with van der Waals surface area (Å²) in [6.07, 6.45) is 6.42. The number of aromatic nitrogens is 3. The summed E-state index contributed by atoms with van der Waals surface area (Å²) in [5.41, 5.74) is 0.0326. The molecular formula is C20H24FN5NiO3+2. The van der Waals surface area contributed by atoms with E-state index in [-0.39, 0.29) is 27.4 Å². The number of fused-ring (bicyclic) bond motifs is 1. The molecule has 0 unspecified atom stereocenters. The molecule has 0 amide bonds. The number of likely N-dealkylation sites (N-methyl/N-ethyl adjacent to an activating group) is 1. The number of carboxylic acid groups (broad SMARTS) is 1. The molecule has 2 N–H and O–H groups in total. The van der Waals surface area contributed by atoms with Gasteiger partial charge in [-0.3, -0.25) is 4.79 Å². The van der Waals surface area contributed by atoms with Crippen molar-refractivity contribution in [2.75, 3.05) is 38.1 Å². The van der Waals surface area contributed by atoms with E-state index in [4.69, 9.17) is 0 Å². The molecule has 8 nitrogen and oxygen atoms in total. The Bertz CT molecular complexity index is 1030. The number of carboxylic acids is 1. The van der Waals surface area contributed by atoms with Crippen LogP contribution in [0.1, 0.15) is 17.3 Å². The molecule has 3 aromatic rings. The summed E-state index contributed by atoms with van der Waals surface area (Å²) in [5.74, 6) is -1.79. The number of hydrogen-bond acceptors (Lipinski definition) is 5. The van der Waals surface area contributed by atoms with Crippen molar-refractivity contribution in [2.45, 2.75) is 13.5 Å². The third-order valence-electron chi connectivity index (χ3n) is 4.97. The zero-order valence-corrected chi connectivity index (χ0v) is 17.7. The van der Waals surface area contributed by atoms with E-state index in [1.807, 2.05) is 18.9 Å². The molecule has 1 aromatic carbocycles. The molecule has 4 rings (SSSR count). The number of H-pyrrole nitrogens is 1. The number of aryl methyl sites for hydroxylation is 1. The van der Waals surface area contributed by atoms with Crippen LogP contribution in [-0.4, -0.2) is 63.7 Å². The van der Waals surface area contributed by atoms with Gasteiger partial charge in [-0.05, 0) is 26.1 Å². The van der Waals surface area contributed by atoms with Gasteiger partial charge in [0.2, 0.25) is 5.43 Å². The SMILES string of the molecule is CCn1cc(C(=O)O)c(=O)c2cc(F)c(N3CCN(C)CC3)cc21.[Ni+2].c1c[nH]cn1. The Morgan fingerprint density at radius 2 is 1.97 bits per heavy atom. The van der Waals surface area contributed by atoms with Crippen LogP contribution in [0.2, 0.25) is 0 Å². The maximum Gasteiger partial charge on any atom is 2.00 e. The number of anilines is 1. The summed E-state index contributed by atoms with van der Waals surface area (Å²) in [4.78, 5) is 34.1. The zero-order chi connectivity index (χ0) is 21.0. The van der Waals surface area contributed by atoms with Gasteiger partial charge < -0.3 is 24.5 Å². The molecule has 10 heteroatoms. The molecule has 162 valence electrons. The van der Waals surface area contributed by atoms with Gasteiger partial charge in [-0.2, -0.15) is 0 Å². The second-order valence-corrected chi connectivity index (χ2v) is 6.83. The van der Waals surface area contributed by atoms with Crippen molar-refractivity contribution >= 4 is 22.6 Å². The average molecular weight is 460 g/mol. The van der Waals surface area contributed by atoms with Crippen molar-refractivity contribution in [3.8, 4) is 0 Å². The van der Waals surface area contributed by atoms with Gasteiger partial charge in [0, 0.05) is 56.7 Å². The molecule has 3 heterocycles. The third kappa shape index (κ3) is 5.06. The largest absolute Gasteiger partial charge is 2.00 e. The van der Waals surface area contributed by atoms with Crippen molar-refractivity contribution < 1.29 is 30.8 Å². The predicted octanol–water partition coefficient (Wildman–Crippen LogP) is 2.02. The van der Waals surface area contributed by atoms with Gasteiger partial charge in [0.1, 0.15) is 11.4 Å². The molecule has 30 heavy (non-hydrogen) atoms. The zero-order valence-electron chi connectivity index (χ0n) is 16.7. The van der Waals surface area contributed by atoms with Crippen molar-refractivity contribution in [1.29, 1.82) is 0 Å². The summed E-state index contributed by atoms with van der Waals surface area (Å²) >= 11 is 0. The first kappa shape index (κ1) is 23.6. The Morgan fingerprint density at radius 1 is 1.27 bits per heavy atom. The van der Waals surface area contributed by atoms with Crippen molar-refractivity contribution in [1.82, 2.24) is 19.4 Å². The molecule has 0 spiro atoms. The second-order valence-electron chi connectivity index (χ2n) is 6.83. The van der Waals surface area contributed by atoms with Gasteiger partial charge in [-0.1, -0.05) is 0 Å². The number of halogens is 1. The molecule has 1 aliphatic rings. The summed E-state index contributed by atoms with van der Waals surface area (Å²) in [6.45, 7) is 5.45. The molecule has 1 fully saturated rings. The molecule has 2 aromatic heterocycles. The number of pyridine rings is 1. The van der Waals surface area contributed by atoms with Crippen LogP contribution in [0.5, 0.6) is 0 Å². The fourth-order valence-electron chi connectivity index (χ4n) is 3.32. The maximum atomic E-state index is 14.6. The molecule has 1 saturated heterocycles. The number of benzene rings is 1. The standard InChI is InChI=1S/C17H20FN3O3.C3H4N2.Ni/c1-3-20-10-12(17(23)24)16(22)11-8-13(18)15(9-14(11)20)21-6-4-19(2)5-7-21;1-2-5-3-4-1;/h8-10H,3-7H2,1-2H3,(H,23,24);1-3H,(H,4,5);/q;;+2. The molecule has 0 radical (unpaired) electrons. The number of aromatic carboxylic acids is 1. The maximum absolute atomic E-state index is 14.6. The van der Waals surface area contributed by atoms with E-state index in [9.17, 15) is 19.1 Å². The number of nitrogens with one attached hydrogen (secondary N) is 1. The van der Waals surface area contributed by atoms with Gasteiger partial charge in [-0.15, -0.1) is 0 Å². The number of hydrogen-bond donors (Lipinski definition) is 2. The fraction of sp³-hybridized carbons (Fsp3) is 0.350. The van der Waals surface area contributed by atoms with Gasteiger partial charge in [-0.25, -0.2) is 14.2 Å². The van der Waals surface area contributed by atoms with E-state index in [1.165, 1.54) is 12.3 Å². The first-order valence-corrected chi connectivity index (χ1v) is 9.38. The van der Waals surface area contributed by atoms with E-state index in [0.29, 0.717) is 30.8 Å². The van der Waals surface area contributed by atoms with Crippen LogP contribution in [0.25, 0.3) is 10.9 Å². The van der Waals surface area contributed by atoms with Gasteiger partial charge in [0.05, 0.1) is 17.5 Å². The van der Waals surface area contributed by atoms with Crippen LogP contribution in [0.3, 0.4) is 0 Å². The second kappa shape index (κ2) is 10.4. The third-order valence-corrected chi connectivity index (χ3v) is 4.97. The average Bonchev–Trinajstić information content (AvgIpc) is 3.29. The van der Waals surface area contributed by atoms with Gasteiger partial charge in [0.15, 0.2) is 0 Å². The summed E-state index contributed by atoms with van der Waals surface area (Å²) < 4.78 is 16.3. The van der Waals surface area contributed by atoms with Crippen LogP contribution in [0, 0.1) is 5.82 Å². The number of nitrogens with zero attached hydrogens (tertiary/aromatic N) is 4. The summed E-state index contributed by atoms with van der Waals surface area (Å²) in [7, 11) is 2.02. The van der Waals surface area contributed by atoms with Crippen molar-refractivity contribution in [3.63, 3.8) is 0 Å². The van der Waals surface area contributed by atoms with Crippen LogP contribution < -0.4 is 10.3 Å². The topological polar surface area (TPSA) is 94.5 Å². The van der Waals surface area contributed by atoms with Crippen LogP contribution >= 0.6 is 0 Å². The first-order chi connectivity index (χ1) is 13.9. The molecular weight excluding hydrogens is 436 g/mol. The minimum Gasteiger partial charge on any atom is -0.477 e. The van der Waals surface area contributed by atoms with E-state index in [2.05, 4.69) is 14.9 Å². The Balaban J connectivity index is 0.000000468. The minimum absolute atomic E-state index is 0. The van der Waals surface area contributed by atoms with Crippen molar-refractivity contribution in [3.05, 3.63) is 58.7 Å². The molecule has 1 aliphatic heterocycles. The number of carbonyl (C=O) groups is 1. The number of rotatable bonds is 3. The van der Waals surface area contributed by atoms with E-state index >= 15 is 0 Å². The predicted molar refractivity (Wildman–Crippen MR) is 109 cm³/mol. The number of imidazole rings is 1. The molecule has 0 bridgehead atoms. The Labute approximate surface area is 183 Å². The van der Waals surface area contributed by atoms with Crippen molar-refractivity contribution in [2.24, 2.45) is 0 Å².